The van der Waals surface area contributed by atoms with Gasteiger partial charge in [0, 0.05) is 17.9 Å². The number of nitrogens with zero attached hydrogens (tertiary/aromatic N) is 2. The van der Waals surface area contributed by atoms with E-state index in [0.29, 0.717) is 10.4 Å². The van der Waals surface area contributed by atoms with Gasteiger partial charge in [0.25, 0.3) is 5.91 Å². The van der Waals surface area contributed by atoms with E-state index in [2.05, 4.69) is 4.99 Å². The summed E-state index contributed by atoms with van der Waals surface area (Å²) in [7, 11) is 0. The van der Waals surface area contributed by atoms with Crippen molar-refractivity contribution in [1.29, 1.82) is 0 Å². The van der Waals surface area contributed by atoms with Crippen molar-refractivity contribution in [1.82, 2.24) is 4.57 Å². The molecule has 6 heteroatoms. The summed E-state index contributed by atoms with van der Waals surface area (Å²) in [6.07, 6.45) is 2.03. The number of thiazole rings is 1. The Balaban J connectivity index is 2.10. The number of carbonyl (C=O) groups is 1. The normalized spacial score (nSPS) is 12.1. The molecular formula is C19H19FN2OS2. The number of aryl methyl sites for hydroxylation is 3. The molecular weight excluding hydrogens is 355 g/mol. The van der Waals surface area contributed by atoms with Gasteiger partial charge in [-0.2, -0.15) is 16.8 Å². The Labute approximate surface area is 154 Å². The maximum atomic E-state index is 13.5. The summed E-state index contributed by atoms with van der Waals surface area (Å²) < 4.78 is 16.3. The van der Waals surface area contributed by atoms with Crippen molar-refractivity contribution in [3.8, 4) is 0 Å². The molecule has 0 aliphatic heterocycles. The van der Waals surface area contributed by atoms with E-state index in [-0.39, 0.29) is 11.7 Å². The molecule has 2 aromatic carbocycles. The molecule has 0 aliphatic carbocycles. The zero-order valence-electron chi connectivity index (χ0n) is 14.4. The molecule has 130 valence electrons. The van der Waals surface area contributed by atoms with Crippen LogP contribution in [0.5, 0.6) is 0 Å². The number of hydrogen-bond acceptors (Lipinski definition) is 3. The number of aromatic nitrogens is 1. The van der Waals surface area contributed by atoms with Gasteiger partial charge in [-0.3, -0.25) is 4.79 Å². The van der Waals surface area contributed by atoms with Gasteiger partial charge in [-0.05, 0) is 61.6 Å². The van der Waals surface area contributed by atoms with Crippen LogP contribution in [-0.4, -0.2) is 22.5 Å². The summed E-state index contributed by atoms with van der Waals surface area (Å²) >= 11 is 3.07. The summed E-state index contributed by atoms with van der Waals surface area (Å²) in [5, 5.41) is 0. The second-order valence-electron chi connectivity index (χ2n) is 5.86. The molecule has 3 rings (SSSR count). The Morgan fingerprint density at radius 1 is 1.20 bits per heavy atom. The summed E-state index contributed by atoms with van der Waals surface area (Å²) in [5.41, 5.74) is 3.69. The molecule has 3 aromatic rings. The van der Waals surface area contributed by atoms with E-state index in [1.807, 2.05) is 36.8 Å². The highest BCUT2D eigenvalue weighted by Crippen LogP contribution is 2.19. The van der Waals surface area contributed by atoms with E-state index < -0.39 is 0 Å². The number of hydrogen-bond donors (Lipinski definition) is 0. The maximum absolute atomic E-state index is 13.5. The van der Waals surface area contributed by atoms with Gasteiger partial charge >= 0.3 is 0 Å². The zero-order chi connectivity index (χ0) is 18.0. The first kappa shape index (κ1) is 17.9. The van der Waals surface area contributed by atoms with Crippen LogP contribution in [0, 0.1) is 19.7 Å². The molecule has 0 saturated carbocycles. The summed E-state index contributed by atoms with van der Waals surface area (Å²) in [4.78, 5) is 17.5. The van der Waals surface area contributed by atoms with Gasteiger partial charge in [-0.25, -0.2) is 4.39 Å². The summed E-state index contributed by atoms with van der Waals surface area (Å²) in [5.74, 6) is 0.347. The average molecular weight is 375 g/mol. The lowest BCUT2D eigenvalue weighted by atomic mass is 10.1. The van der Waals surface area contributed by atoms with Crippen LogP contribution in [0.25, 0.3) is 10.2 Å². The molecule has 3 nitrogen and oxygen atoms in total. The summed E-state index contributed by atoms with van der Waals surface area (Å²) in [6, 6.07) is 10.3. The van der Waals surface area contributed by atoms with Crippen LogP contribution in [0.3, 0.4) is 0 Å². The molecule has 0 unspecified atom stereocenters. The Morgan fingerprint density at radius 2 is 2.00 bits per heavy atom. The van der Waals surface area contributed by atoms with Crippen LogP contribution in [0.4, 0.5) is 4.39 Å². The Hall–Kier alpha value is -1.92. The van der Waals surface area contributed by atoms with Crippen molar-refractivity contribution in [2.45, 2.75) is 20.4 Å². The lowest BCUT2D eigenvalue weighted by Gasteiger charge is -2.04. The van der Waals surface area contributed by atoms with Gasteiger partial charge in [0.2, 0.25) is 0 Å². The minimum absolute atomic E-state index is 0.270. The first-order chi connectivity index (χ1) is 12.0. The van der Waals surface area contributed by atoms with Crippen molar-refractivity contribution in [3.05, 3.63) is 63.7 Å². The van der Waals surface area contributed by atoms with E-state index in [1.165, 1.54) is 23.5 Å². The molecule has 1 amide bonds. The number of carbonyl (C=O) groups excluding carboxylic acids is 1. The van der Waals surface area contributed by atoms with Crippen LogP contribution in [-0.2, 0) is 6.54 Å². The molecule has 0 bridgehead atoms. The SMILES string of the molecule is CSCCn1c(=NC(=O)c2ccc(C)c(C)c2)sc2cc(F)ccc21. The van der Waals surface area contributed by atoms with Gasteiger partial charge in [-0.15, -0.1) is 0 Å². The molecule has 1 aromatic heterocycles. The third-order valence-corrected chi connectivity index (χ3v) is 5.75. The first-order valence-corrected chi connectivity index (χ1v) is 10.1. The Kier molecular flexibility index (Phi) is 5.39. The lowest BCUT2D eigenvalue weighted by Crippen LogP contribution is -2.18. The second-order valence-corrected chi connectivity index (χ2v) is 7.85. The number of amides is 1. The van der Waals surface area contributed by atoms with Crippen LogP contribution in [0.1, 0.15) is 21.5 Å². The minimum Gasteiger partial charge on any atom is -0.316 e. The number of thioether (sulfide) groups is 1. The average Bonchev–Trinajstić information content (AvgIpc) is 2.91. The molecule has 0 radical (unpaired) electrons. The summed E-state index contributed by atoms with van der Waals surface area (Å²) in [6.45, 7) is 4.72. The van der Waals surface area contributed by atoms with Gasteiger partial charge in [0.15, 0.2) is 4.80 Å². The van der Waals surface area contributed by atoms with Gasteiger partial charge in [0.1, 0.15) is 5.82 Å². The fraction of sp³-hybridized carbons (Fsp3) is 0.263. The highest BCUT2D eigenvalue weighted by molar-refractivity contribution is 7.98. The monoisotopic (exact) mass is 374 g/mol. The van der Waals surface area contributed by atoms with Crippen LogP contribution < -0.4 is 4.80 Å². The van der Waals surface area contributed by atoms with Crippen LogP contribution >= 0.6 is 23.1 Å². The zero-order valence-corrected chi connectivity index (χ0v) is 16.0. The third-order valence-electron chi connectivity index (χ3n) is 4.11. The van der Waals surface area contributed by atoms with E-state index in [1.54, 1.807) is 23.9 Å². The number of benzene rings is 2. The van der Waals surface area contributed by atoms with E-state index >= 15 is 0 Å². The highest BCUT2D eigenvalue weighted by atomic mass is 32.2. The smallest absolute Gasteiger partial charge is 0.279 e. The van der Waals surface area contributed by atoms with Crippen molar-refractivity contribution in [3.63, 3.8) is 0 Å². The standard InChI is InChI=1S/C19H19FN2OS2/c1-12-4-5-14(10-13(12)2)18(23)21-19-22(8-9-24-3)16-7-6-15(20)11-17(16)25-19/h4-7,10-11H,8-9H2,1-3H3. The minimum atomic E-state index is -0.280. The Bertz CT molecular complexity index is 1000. The van der Waals surface area contributed by atoms with Gasteiger partial charge in [-0.1, -0.05) is 17.4 Å². The molecule has 0 N–H and O–H groups in total. The number of rotatable bonds is 4. The molecule has 0 fully saturated rings. The van der Waals surface area contributed by atoms with E-state index in [0.717, 1.165) is 33.6 Å². The fourth-order valence-corrected chi connectivity index (χ4v) is 4.00. The topological polar surface area (TPSA) is 34.4 Å². The van der Waals surface area contributed by atoms with Crippen molar-refractivity contribution in [2.75, 3.05) is 12.0 Å². The molecule has 25 heavy (non-hydrogen) atoms. The second kappa shape index (κ2) is 7.54. The predicted octanol–water partition coefficient (Wildman–Crippen LogP) is 4.56. The Morgan fingerprint density at radius 3 is 2.72 bits per heavy atom. The molecule has 1 heterocycles. The maximum Gasteiger partial charge on any atom is 0.279 e. The first-order valence-electron chi connectivity index (χ1n) is 7.94. The highest BCUT2D eigenvalue weighted by Gasteiger charge is 2.10. The van der Waals surface area contributed by atoms with Crippen LogP contribution in [0.2, 0.25) is 0 Å². The van der Waals surface area contributed by atoms with Crippen molar-refractivity contribution >= 4 is 39.2 Å². The van der Waals surface area contributed by atoms with Crippen molar-refractivity contribution in [2.24, 2.45) is 4.99 Å². The van der Waals surface area contributed by atoms with E-state index in [4.69, 9.17) is 0 Å². The molecule has 0 aliphatic rings. The van der Waals surface area contributed by atoms with E-state index in [9.17, 15) is 9.18 Å². The largest absolute Gasteiger partial charge is 0.316 e. The lowest BCUT2D eigenvalue weighted by molar-refractivity contribution is 0.0998. The molecule has 0 spiro atoms. The number of halogens is 1. The van der Waals surface area contributed by atoms with Gasteiger partial charge < -0.3 is 4.57 Å². The van der Waals surface area contributed by atoms with Gasteiger partial charge in [0.05, 0.1) is 10.2 Å². The number of fused-ring (bicyclic) bond motifs is 1. The molecule has 0 atom stereocenters. The fourth-order valence-electron chi connectivity index (χ4n) is 2.56. The van der Waals surface area contributed by atoms with Crippen LogP contribution in [0.15, 0.2) is 41.4 Å². The van der Waals surface area contributed by atoms with Crippen molar-refractivity contribution < 1.29 is 9.18 Å². The predicted molar refractivity (Wildman–Crippen MR) is 104 cm³/mol. The quantitative estimate of drug-likeness (QED) is 0.671. The third kappa shape index (κ3) is 3.85. The molecule has 0 saturated heterocycles.